The summed E-state index contributed by atoms with van der Waals surface area (Å²) in [5.41, 5.74) is 1.14. The highest BCUT2D eigenvalue weighted by molar-refractivity contribution is 7.98. The summed E-state index contributed by atoms with van der Waals surface area (Å²) in [6.07, 6.45) is 4.09. The number of carbonyl (C=O) groups is 1. The number of thioether (sulfide) groups is 1. The fourth-order valence-corrected chi connectivity index (χ4v) is 3.69. The van der Waals surface area contributed by atoms with Crippen molar-refractivity contribution in [2.75, 3.05) is 25.4 Å². The number of rotatable bonds is 7. The first-order chi connectivity index (χ1) is 12.2. The van der Waals surface area contributed by atoms with Gasteiger partial charge in [-0.1, -0.05) is 18.2 Å². The number of amides is 1. The van der Waals surface area contributed by atoms with E-state index in [0.29, 0.717) is 29.6 Å². The van der Waals surface area contributed by atoms with Gasteiger partial charge in [0.05, 0.1) is 6.04 Å². The number of benzene rings is 1. The van der Waals surface area contributed by atoms with E-state index in [2.05, 4.69) is 15.7 Å². The molecule has 25 heavy (non-hydrogen) atoms. The number of nitrogens with zero attached hydrogens (tertiary/aromatic N) is 2. The van der Waals surface area contributed by atoms with Gasteiger partial charge in [-0.15, -0.1) is 0 Å². The van der Waals surface area contributed by atoms with Crippen molar-refractivity contribution in [2.24, 2.45) is 0 Å². The predicted molar refractivity (Wildman–Crippen MR) is 98.3 cm³/mol. The Hall–Kier alpha value is -1.86. The first-order valence-corrected chi connectivity index (χ1v) is 9.75. The largest absolute Gasteiger partial charge is 0.350 e. The molecule has 1 atom stereocenters. The lowest BCUT2D eigenvalue weighted by atomic mass is 10.1. The topological polar surface area (TPSA) is 59.0 Å². The van der Waals surface area contributed by atoms with Gasteiger partial charge >= 0.3 is 0 Å². The standard InChI is InChI=1S/C18H23FN4OS/c19-16-6-2-1-4-14(16)13-25-11-9-21-18(24)17-7-10-23(22-17)15-5-3-8-20-12-15/h1-2,4,6-7,10,15,20H,3,5,8-9,11-13H2,(H,21,24). The summed E-state index contributed by atoms with van der Waals surface area (Å²) in [7, 11) is 0. The van der Waals surface area contributed by atoms with Crippen molar-refractivity contribution in [2.45, 2.75) is 24.6 Å². The molecule has 1 unspecified atom stereocenters. The Labute approximate surface area is 151 Å². The molecule has 2 heterocycles. The van der Waals surface area contributed by atoms with Crippen molar-refractivity contribution in [3.8, 4) is 0 Å². The molecule has 2 aromatic rings. The number of aromatic nitrogens is 2. The second-order valence-corrected chi connectivity index (χ2v) is 7.19. The Kier molecular flexibility index (Phi) is 6.47. The van der Waals surface area contributed by atoms with Gasteiger partial charge in [0, 0.05) is 30.8 Å². The molecule has 2 N–H and O–H groups in total. The van der Waals surface area contributed by atoms with Crippen LogP contribution in [0, 0.1) is 5.82 Å². The van der Waals surface area contributed by atoms with E-state index in [9.17, 15) is 9.18 Å². The summed E-state index contributed by atoms with van der Waals surface area (Å²) in [5.74, 6) is 0.995. The molecule has 1 amide bonds. The van der Waals surface area contributed by atoms with Crippen molar-refractivity contribution >= 4 is 17.7 Å². The third kappa shape index (κ3) is 5.06. The minimum Gasteiger partial charge on any atom is -0.350 e. The lowest BCUT2D eigenvalue weighted by Crippen LogP contribution is -2.32. The van der Waals surface area contributed by atoms with E-state index >= 15 is 0 Å². The molecular weight excluding hydrogens is 339 g/mol. The molecule has 7 heteroatoms. The monoisotopic (exact) mass is 362 g/mol. The van der Waals surface area contributed by atoms with Crippen molar-refractivity contribution in [3.63, 3.8) is 0 Å². The van der Waals surface area contributed by atoms with Gasteiger partial charge in [-0.25, -0.2) is 4.39 Å². The Morgan fingerprint density at radius 1 is 1.40 bits per heavy atom. The maximum Gasteiger partial charge on any atom is 0.271 e. The number of hydrogen-bond donors (Lipinski definition) is 2. The first-order valence-electron chi connectivity index (χ1n) is 8.59. The summed E-state index contributed by atoms with van der Waals surface area (Å²) >= 11 is 1.60. The second-order valence-electron chi connectivity index (χ2n) is 6.08. The van der Waals surface area contributed by atoms with Crippen molar-refractivity contribution in [1.82, 2.24) is 20.4 Å². The van der Waals surface area contributed by atoms with Gasteiger partial charge in [0.2, 0.25) is 0 Å². The maximum atomic E-state index is 13.5. The van der Waals surface area contributed by atoms with Crippen molar-refractivity contribution in [3.05, 3.63) is 53.6 Å². The third-order valence-electron chi connectivity index (χ3n) is 4.23. The number of piperidine rings is 1. The number of halogens is 1. The molecule has 134 valence electrons. The summed E-state index contributed by atoms with van der Waals surface area (Å²) in [6.45, 7) is 2.49. The second kappa shape index (κ2) is 9.01. The zero-order valence-corrected chi connectivity index (χ0v) is 14.9. The van der Waals surface area contributed by atoms with Gasteiger partial charge < -0.3 is 10.6 Å². The van der Waals surface area contributed by atoms with Gasteiger partial charge in [0.15, 0.2) is 0 Å². The van der Waals surface area contributed by atoms with E-state index in [-0.39, 0.29) is 11.7 Å². The van der Waals surface area contributed by atoms with Crippen LogP contribution in [0.25, 0.3) is 0 Å². The molecule has 1 aromatic carbocycles. The Bertz CT molecular complexity index is 700. The molecule has 0 saturated carbocycles. The molecule has 0 radical (unpaired) electrons. The minimum absolute atomic E-state index is 0.158. The van der Waals surface area contributed by atoms with Crippen LogP contribution in [0.2, 0.25) is 0 Å². The lowest BCUT2D eigenvalue weighted by Gasteiger charge is -2.22. The zero-order valence-electron chi connectivity index (χ0n) is 14.1. The van der Waals surface area contributed by atoms with Crippen LogP contribution in [0.4, 0.5) is 4.39 Å². The number of hydrogen-bond acceptors (Lipinski definition) is 4. The highest BCUT2D eigenvalue weighted by atomic mass is 32.2. The molecular formula is C18H23FN4OS. The van der Waals surface area contributed by atoms with E-state index in [4.69, 9.17) is 0 Å². The Balaban J connectivity index is 1.39. The molecule has 3 rings (SSSR count). The zero-order chi connectivity index (χ0) is 17.5. The van der Waals surface area contributed by atoms with Crippen molar-refractivity contribution in [1.29, 1.82) is 0 Å². The van der Waals surface area contributed by atoms with E-state index in [1.807, 2.05) is 16.9 Å². The molecule has 1 aliphatic rings. The molecule has 0 spiro atoms. The SMILES string of the molecule is O=C(NCCSCc1ccccc1F)c1ccn(C2CCCNC2)n1. The van der Waals surface area contributed by atoms with Gasteiger partial charge in [0.1, 0.15) is 11.5 Å². The van der Waals surface area contributed by atoms with Crippen LogP contribution in [-0.4, -0.2) is 41.1 Å². The average molecular weight is 362 g/mol. The molecule has 0 aliphatic carbocycles. The molecule has 1 aromatic heterocycles. The summed E-state index contributed by atoms with van der Waals surface area (Å²) in [4.78, 5) is 12.2. The molecule has 5 nitrogen and oxygen atoms in total. The van der Waals surface area contributed by atoms with E-state index in [0.717, 1.165) is 31.7 Å². The van der Waals surface area contributed by atoms with E-state index in [1.54, 1.807) is 30.0 Å². The molecule has 1 aliphatic heterocycles. The summed E-state index contributed by atoms with van der Waals surface area (Å²) in [6, 6.07) is 8.86. The van der Waals surface area contributed by atoms with Crippen LogP contribution in [0.15, 0.2) is 36.5 Å². The third-order valence-corrected chi connectivity index (χ3v) is 5.24. The quantitative estimate of drug-likeness (QED) is 0.744. The van der Waals surface area contributed by atoms with Gasteiger partial charge in [-0.3, -0.25) is 9.48 Å². The lowest BCUT2D eigenvalue weighted by molar-refractivity contribution is 0.0950. The minimum atomic E-state index is -0.179. The molecule has 1 fully saturated rings. The summed E-state index contributed by atoms with van der Waals surface area (Å²) < 4.78 is 15.4. The van der Waals surface area contributed by atoms with Gasteiger partial charge in [0.25, 0.3) is 5.91 Å². The smallest absolute Gasteiger partial charge is 0.271 e. The number of nitrogens with one attached hydrogen (secondary N) is 2. The average Bonchev–Trinajstić information content (AvgIpc) is 3.14. The Morgan fingerprint density at radius 2 is 2.28 bits per heavy atom. The van der Waals surface area contributed by atoms with Crippen LogP contribution in [0.5, 0.6) is 0 Å². The first kappa shape index (κ1) is 17.9. The van der Waals surface area contributed by atoms with Crippen LogP contribution >= 0.6 is 11.8 Å². The highest BCUT2D eigenvalue weighted by Crippen LogP contribution is 2.16. The number of carbonyl (C=O) groups excluding carboxylic acids is 1. The van der Waals surface area contributed by atoms with Crippen LogP contribution in [-0.2, 0) is 5.75 Å². The Morgan fingerprint density at radius 3 is 3.08 bits per heavy atom. The fourth-order valence-electron chi connectivity index (χ4n) is 2.85. The predicted octanol–water partition coefficient (Wildman–Crippen LogP) is 2.61. The molecule has 1 saturated heterocycles. The van der Waals surface area contributed by atoms with Crippen molar-refractivity contribution < 1.29 is 9.18 Å². The van der Waals surface area contributed by atoms with Crippen LogP contribution < -0.4 is 10.6 Å². The fraction of sp³-hybridized carbons (Fsp3) is 0.444. The summed E-state index contributed by atoms with van der Waals surface area (Å²) in [5, 5.41) is 10.6. The van der Waals surface area contributed by atoms with Crippen LogP contribution in [0.3, 0.4) is 0 Å². The van der Waals surface area contributed by atoms with E-state index in [1.165, 1.54) is 6.07 Å². The van der Waals surface area contributed by atoms with E-state index < -0.39 is 0 Å². The highest BCUT2D eigenvalue weighted by Gasteiger charge is 2.17. The molecule has 0 bridgehead atoms. The van der Waals surface area contributed by atoms with Crippen LogP contribution in [0.1, 0.15) is 34.9 Å². The van der Waals surface area contributed by atoms with Gasteiger partial charge in [-0.05, 0) is 37.1 Å². The maximum absolute atomic E-state index is 13.5. The normalized spacial score (nSPS) is 17.4. The van der Waals surface area contributed by atoms with Gasteiger partial charge in [-0.2, -0.15) is 16.9 Å².